The summed E-state index contributed by atoms with van der Waals surface area (Å²) in [4.78, 5) is 44.2. The van der Waals surface area contributed by atoms with Crippen LogP contribution in [0.1, 0.15) is 22.7 Å². The first-order chi connectivity index (χ1) is 18.7. The number of halogens is 3. The monoisotopic (exact) mass is 533 g/mol. The molecule has 0 saturated carbocycles. The third-order valence-electron chi connectivity index (χ3n) is 7.52. The minimum absolute atomic E-state index is 0.0556. The van der Waals surface area contributed by atoms with Crippen LogP contribution in [-0.2, 0) is 20.6 Å². The Morgan fingerprint density at radius 3 is 2.36 bits per heavy atom. The maximum atomic E-state index is 13.9. The van der Waals surface area contributed by atoms with Gasteiger partial charge in [0.05, 0.1) is 36.2 Å². The molecule has 3 aliphatic heterocycles. The van der Waals surface area contributed by atoms with Gasteiger partial charge in [-0.2, -0.15) is 13.2 Å². The predicted octanol–water partition coefficient (Wildman–Crippen LogP) is 4.87. The standard InChI is InChI=1S/C29H22F3N3O4/c1-39-20-11-9-19(10-12-20)35-27(37)22-23(28(35)38)25(34-14-13-16-5-2-3-8-21(16)24(22)34)26(36)33-18-7-4-6-17(15-18)29(30,31)32/h2-15,22-25H,1H3,(H,33,36)/t22-,23+,24-,25+/m0/s1. The molecule has 0 aromatic heterocycles. The zero-order chi connectivity index (χ0) is 27.5. The average molecular weight is 534 g/mol. The highest BCUT2D eigenvalue weighted by Crippen LogP contribution is 2.53. The van der Waals surface area contributed by atoms with Crippen LogP contribution in [0.3, 0.4) is 0 Å². The van der Waals surface area contributed by atoms with Gasteiger partial charge in [-0.25, -0.2) is 4.90 Å². The quantitative estimate of drug-likeness (QED) is 0.485. The molecular formula is C29H22F3N3O4. The average Bonchev–Trinajstić information content (AvgIpc) is 3.41. The van der Waals surface area contributed by atoms with Crippen molar-refractivity contribution in [2.75, 3.05) is 17.3 Å². The highest BCUT2D eigenvalue weighted by atomic mass is 19.4. The first kappa shape index (κ1) is 24.7. The zero-order valence-corrected chi connectivity index (χ0v) is 20.6. The van der Waals surface area contributed by atoms with Crippen molar-refractivity contribution in [3.63, 3.8) is 0 Å². The fraction of sp³-hybridized carbons (Fsp3) is 0.207. The number of hydrogen-bond acceptors (Lipinski definition) is 5. The van der Waals surface area contributed by atoms with Crippen LogP contribution in [0, 0.1) is 11.8 Å². The van der Waals surface area contributed by atoms with Crippen LogP contribution in [0.15, 0.2) is 79.0 Å². The normalized spacial score (nSPS) is 23.4. The van der Waals surface area contributed by atoms with Gasteiger partial charge in [0.1, 0.15) is 11.8 Å². The molecule has 7 nitrogen and oxygen atoms in total. The van der Waals surface area contributed by atoms with Gasteiger partial charge < -0.3 is 15.0 Å². The second kappa shape index (κ2) is 9.00. The van der Waals surface area contributed by atoms with Gasteiger partial charge in [-0.15, -0.1) is 0 Å². The molecule has 0 bridgehead atoms. The molecule has 3 aromatic rings. The van der Waals surface area contributed by atoms with Crippen LogP contribution in [0.25, 0.3) is 6.08 Å². The fourth-order valence-electron chi connectivity index (χ4n) is 5.83. The van der Waals surface area contributed by atoms with E-state index in [1.807, 2.05) is 24.3 Å². The molecule has 10 heteroatoms. The number of hydrogen-bond donors (Lipinski definition) is 1. The van der Waals surface area contributed by atoms with Gasteiger partial charge in [0.25, 0.3) is 0 Å². The van der Waals surface area contributed by atoms with Crippen molar-refractivity contribution < 1.29 is 32.3 Å². The summed E-state index contributed by atoms with van der Waals surface area (Å²) in [6.07, 6.45) is -1.11. The zero-order valence-electron chi connectivity index (χ0n) is 20.6. The molecule has 3 aromatic carbocycles. The number of nitrogens with zero attached hydrogens (tertiary/aromatic N) is 2. The first-order valence-electron chi connectivity index (χ1n) is 12.2. The van der Waals surface area contributed by atoms with Crippen LogP contribution < -0.4 is 15.0 Å². The van der Waals surface area contributed by atoms with Crippen LogP contribution in [0.2, 0.25) is 0 Å². The molecule has 0 radical (unpaired) electrons. The number of benzene rings is 3. The van der Waals surface area contributed by atoms with E-state index in [1.54, 1.807) is 41.4 Å². The number of anilines is 2. The maximum absolute atomic E-state index is 13.9. The van der Waals surface area contributed by atoms with Crippen molar-refractivity contribution >= 4 is 35.2 Å². The number of carbonyl (C=O) groups is 3. The molecular weight excluding hydrogens is 511 g/mol. The van der Waals surface area contributed by atoms with Gasteiger partial charge >= 0.3 is 6.18 Å². The van der Waals surface area contributed by atoms with Crippen molar-refractivity contribution in [3.8, 4) is 5.75 Å². The van der Waals surface area contributed by atoms with Crippen LogP contribution >= 0.6 is 0 Å². The molecule has 2 fully saturated rings. The van der Waals surface area contributed by atoms with E-state index >= 15 is 0 Å². The van der Waals surface area contributed by atoms with Crippen molar-refractivity contribution in [1.82, 2.24) is 4.90 Å². The van der Waals surface area contributed by atoms with Crippen LogP contribution in [0.4, 0.5) is 24.5 Å². The minimum Gasteiger partial charge on any atom is -0.497 e. The summed E-state index contributed by atoms with van der Waals surface area (Å²) >= 11 is 0. The summed E-state index contributed by atoms with van der Waals surface area (Å²) in [6.45, 7) is 0. The summed E-state index contributed by atoms with van der Waals surface area (Å²) < 4.78 is 45.0. The molecule has 0 spiro atoms. The summed E-state index contributed by atoms with van der Waals surface area (Å²) in [6, 6.07) is 16.5. The number of imide groups is 1. The molecule has 0 aliphatic carbocycles. The highest BCUT2D eigenvalue weighted by Gasteiger charge is 2.64. The second-order valence-electron chi connectivity index (χ2n) is 9.61. The third kappa shape index (κ3) is 3.94. The first-order valence-corrected chi connectivity index (χ1v) is 12.2. The smallest absolute Gasteiger partial charge is 0.416 e. The number of nitrogens with one attached hydrogen (secondary N) is 1. The van der Waals surface area contributed by atoms with E-state index in [1.165, 1.54) is 19.2 Å². The SMILES string of the molecule is COc1ccc(N2C(=O)[C@@H]3[C@H](C2=O)[C@@H]2c4ccccc4C=CN2[C@H]3C(=O)Nc2cccc(C(F)(F)F)c2)cc1. The lowest BCUT2D eigenvalue weighted by molar-refractivity contribution is -0.137. The molecule has 3 amide bonds. The lowest BCUT2D eigenvalue weighted by Gasteiger charge is -2.35. The number of carbonyl (C=O) groups excluding carboxylic acids is 3. The summed E-state index contributed by atoms with van der Waals surface area (Å²) in [5.41, 5.74) is 1.04. The fourth-order valence-corrected chi connectivity index (χ4v) is 5.83. The van der Waals surface area contributed by atoms with Gasteiger partial charge in [-0.05, 0) is 59.7 Å². The van der Waals surface area contributed by atoms with E-state index in [4.69, 9.17) is 4.74 Å². The van der Waals surface area contributed by atoms with Crippen molar-refractivity contribution in [3.05, 3.63) is 95.7 Å². The number of alkyl halides is 3. The Labute approximate surface area is 221 Å². The highest BCUT2D eigenvalue weighted by molar-refractivity contribution is 6.24. The van der Waals surface area contributed by atoms with Crippen molar-refractivity contribution in [2.24, 2.45) is 11.8 Å². The van der Waals surface area contributed by atoms with E-state index in [-0.39, 0.29) is 5.69 Å². The van der Waals surface area contributed by atoms with Gasteiger partial charge in [0, 0.05) is 11.9 Å². The summed E-state index contributed by atoms with van der Waals surface area (Å²) in [5.74, 6) is -3.03. The van der Waals surface area contributed by atoms with E-state index in [0.717, 1.165) is 28.2 Å². The third-order valence-corrected chi connectivity index (χ3v) is 7.52. The Balaban J connectivity index is 1.40. The molecule has 0 unspecified atom stereocenters. The van der Waals surface area contributed by atoms with E-state index in [9.17, 15) is 27.6 Å². The molecule has 1 N–H and O–H groups in total. The van der Waals surface area contributed by atoms with Crippen molar-refractivity contribution in [2.45, 2.75) is 18.3 Å². The Morgan fingerprint density at radius 1 is 0.923 bits per heavy atom. The molecule has 4 atom stereocenters. The molecule has 2 saturated heterocycles. The van der Waals surface area contributed by atoms with Gasteiger partial charge in [0.15, 0.2) is 0 Å². The van der Waals surface area contributed by atoms with E-state index in [0.29, 0.717) is 11.4 Å². The molecule has 3 heterocycles. The topological polar surface area (TPSA) is 79.0 Å². The van der Waals surface area contributed by atoms with Crippen LogP contribution in [-0.4, -0.2) is 35.8 Å². The van der Waals surface area contributed by atoms with Gasteiger partial charge in [0.2, 0.25) is 17.7 Å². The Kier molecular flexibility index (Phi) is 5.71. The molecule has 39 heavy (non-hydrogen) atoms. The number of amides is 3. The summed E-state index contributed by atoms with van der Waals surface area (Å²) in [7, 11) is 1.50. The maximum Gasteiger partial charge on any atom is 0.416 e. The number of ether oxygens (including phenoxy) is 1. The van der Waals surface area contributed by atoms with E-state index in [2.05, 4.69) is 5.32 Å². The Bertz CT molecular complexity index is 1520. The molecule has 3 aliphatic rings. The molecule has 6 rings (SSSR count). The lowest BCUT2D eigenvalue weighted by Crippen LogP contribution is -2.46. The van der Waals surface area contributed by atoms with Gasteiger partial charge in [-0.3, -0.25) is 14.4 Å². The largest absolute Gasteiger partial charge is 0.497 e. The number of rotatable bonds is 4. The van der Waals surface area contributed by atoms with Gasteiger partial charge in [-0.1, -0.05) is 30.3 Å². The minimum atomic E-state index is -4.59. The predicted molar refractivity (Wildman–Crippen MR) is 136 cm³/mol. The Hall–Kier alpha value is -4.60. The summed E-state index contributed by atoms with van der Waals surface area (Å²) in [5, 5.41) is 2.56. The number of fused-ring (bicyclic) bond motifs is 5. The Morgan fingerprint density at radius 2 is 1.64 bits per heavy atom. The number of methoxy groups -OCH3 is 1. The van der Waals surface area contributed by atoms with Crippen LogP contribution in [0.5, 0.6) is 5.75 Å². The lowest BCUT2D eigenvalue weighted by atomic mass is 9.84. The second-order valence-corrected chi connectivity index (χ2v) is 9.61. The van der Waals surface area contributed by atoms with E-state index < -0.39 is 53.4 Å². The van der Waals surface area contributed by atoms with Crippen molar-refractivity contribution in [1.29, 1.82) is 0 Å². The molecule has 198 valence electrons.